The topological polar surface area (TPSA) is 75.7 Å². The Morgan fingerprint density at radius 1 is 1.10 bits per heavy atom. The maximum atomic E-state index is 12.8. The second-order valence-corrected chi connectivity index (χ2v) is 9.91. The molecule has 1 unspecified atom stereocenters. The van der Waals surface area contributed by atoms with Gasteiger partial charge in [-0.25, -0.2) is 8.42 Å². The van der Waals surface area contributed by atoms with Crippen molar-refractivity contribution in [1.29, 1.82) is 0 Å². The summed E-state index contributed by atoms with van der Waals surface area (Å²) in [5.74, 6) is 0.729. The predicted molar refractivity (Wildman–Crippen MR) is 122 cm³/mol. The van der Waals surface area contributed by atoms with Crippen molar-refractivity contribution in [2.75, 3.05) is 24.2 Å². The molecule has 1 atom stereocenters. The maximum Gasteiger partial charge on any atom is 0.241 e. The number of sulfonamides is 1. The van der Waals surface area contributed by atoms with E-state index in [1.54, 1.807) is 25.3 Å². The molecule has 2 aromatic rings. The average molecular weight is 433 g/mol. The quantitative estimate of drug-likeness (QED) is 0.682. The number of rotatable bonds is 8. The Hall–Kier alpha value is -2.54. The number of methoxy groups -OCH3 is 1. The molecule has 0 aliphatic rings. The van der Waals surface area contributed by atoms with Gasteiger partial charge in [-0.1, -0.05) is 26.0 Å². The molecule has 0 fully saturated rings. The molecule has 7 heteroatoms. The van der Waals surface area contributed by atoms with Crippen LogP contribution >= 0.6 is 0 Å². The van der Waals surface area contributed by atoms with Crippen LogP contribution in [0.4, 0.5) is 5.69 Å². The highest BCUT2D eigenvalue weighted by atomic mass is 32.2. The molecule has 1 amide bonds. The van der Waals surface area contributed by atoms with Gasteiger partial charge >= 0.3 is 0 Å². The number of aryl methyl sites for hydroxylation is 2. The first-order valence-electron chi connectivity index (χ1n) is 9.96. The van der Waals surface area contributed by atoms with Gasteiger partial charge in [0.05, 0.1) is 25.1 Å². The number of anilines is 1. The zero-order valence-corrected chi connectivity index (χ0v) is 19.6. The van der Waals surface area contributed by atoms with Crippen molar-refractivity contribution in [1.82, 2.24) is 5.32 Å². The van der Waals surface area contributed by atoms with Crippen LogP contribution < -0.4 is 14.4 Å². The van der Waals surface area contributed by atoms with E-state index in [1.807, 2.05) is 32.9 Å². The Bertz CT molecular complexity index is 1020. The molecule has 0 aliphatic heterocycles. The molecule has 0 heterocycles. The van der Waals surface area contributed by atoms with Gasteiger partial charge in [0.25, 0.3) is 0 Å². The number of hydrogen-bond donors (Lipinski definition) is 1. The lowest BCUT2D eigenvalue weighted by Crippen LogP contribution is -2.41. The summed E-state index contributed by atoms with van der Waals surface area (Å²) in [5, 5.41) is 2.94. The fourth-order valence-electron chi connectivity index (χ4n) is 3.49. The number of nitrogens with zero attached hydrogens (tertiary/aromatic N) is 1. The fraction of sp³-hybridized carbons (Fsp3) is 0.435. The van der Waals surface area contributed by atoms with Crippen LogP contribution in [0.2, 0.25) is 0 Å². The fourth-order valence-corrected chi connectivity index (χ4v) is 4.34. The number of nitrogens with one attached hydrogen (secondary N) is 1. The number of hydrogen-bond acceptors (Lipinski definition) is 4. The molecule has 2 aromatic carbocycles. The van der Waals surface area contributed by atoms with Crippen molar-refractivity contribution in [3.8, 4) is 5.75 Å². The SMILES string of the molecule is COc1cc(C)c(C(C)NC(=O)CN(c2cccc(C)c2)S(C)(=O)=O)cc1C(C)C. The van der Waals surface area contributed by atoms with Gasteiger partial charge in [-0.15, -0.1) is 0 Å². The van der Waals surface area contributed by atoms with Gasteiger partial charge in [0.1, 0.15) is 12.3 Å². The zero-order chi connectivity index (χ0) is 22.6. The Morgan fingerprint density at radius 3 is 2.30 bits per heavy atom. The van der Waals surface area contributed by atoms with Gasteiger partial charge in [-0.3, -0.25) is 9.10 Å². The molecule has 30 heavy (non-hydrogen) atoms. The first-order valence-corrected chi connectivity index (χ1v) is 11.8. The lowest BCUT2D eigenvalue weighted by Gasteiger charge is -2.25. The lowest BCUT2D eigenvalue weighted by atomic mass is 9.93. The number of carbonyl (C=O) groups is 1. The molecule has 6 nitrogen and oxygen atoms in total. The highest BCUT2D eigenvalue weighted by Gasteiger charge is 2.23. The maximum absolute atomic E-state index is 12.8. The zero-order valence-electron chi connectivity index (χ0n) is 18.8. The van der Waals surface area contributed by atoms with Gasteiger partial charge in [-0.05, 0) is 73.2 Å². The van der Waals surface area contributed by atoms with Gasteiger partial charge in [0.2, 0.25) is 15.9 Å². The summed E-state index contributed by atoms with van der Waals surface area (Å²) >= 11 is 0. The minimum absolute atomic E-state index is 0.268. The van der Waals surface area contributed by atoms with Gasteiger partial charge < -0.3 is 10.1 Å². The standard InChI is InChI=1S/C23H32N2O4S/c1-15(2)20-13-21(17(4)12-22(20)29-6)18(5)24-23(26)14-25(30(7,27)28)19-10-8-9-16(3)11-19/h8-13,15,18H,14H2,1-7H3,(H,24,26). The third-order valence-electron chi connectivity index (χ3n) is 5.06. The van der Waals surface area contributed by atoms with Crippen LogP contribution in [-0.2, 0) is 14.8 Å². The summed E-state index contributed by atoms with van der Waals surface area (Å²) < 4.78 is 31.2. The number of carbonyl (C=O) groups excluding carboxylic acids is 1. The molecule has 0 aliphatic carbocycles. The monoisotopic (exact) mass is 432 g/mol. The van der Waals surface area contributed by atoms with E-state index < -0.39 is 10.0 Å². The highest BCUT2D eigenvalue weighted by molar-refractivity contribution is 7.92. The third-order valence-corrected chi connectivity index (χ3v) is 6.20. The van der Waals surface area contributed by atoms with E-state index in [4.69, 9.17) is 4.74 Å². The first-order chi connectivity index (χ1) is 13.9. The lowest BCUT2D eigenvalue weighted by molar-refractivity contribution is -0.120. The van der Waals surface area contributed by atoms with Crippen molar-refractivity contribution in [3.05, 3.63) is 58.7 Å². The highest BCUT2D eigenvalue weighted by Crippen LogP contribution is 2.32. The number of ether oxygens (including phenoxy) is 1. The summed E-state index contributed by atoms with van der Waals surface area (Å²) in [4.78, 5) is 12.8. The van der Waals surface area contributed by atoms with Crippen LogP contribution in [0, 0.1) is 13.8 Å². The minimum Gasteiger partial charge on any atom is -0.496 e. The Kier molecular flexibility index (Phi) is 7.53. The second-order valence-electron chi connectivity index (χ2n) is 8.00. The third kappa shape index (κ3) is 5.75. The van der Waals surface area contributed by atoms with E-state index in [1.165, 1.54) is 0 Å². The molecule has 0 spiro atoms. The van der Waals surface area contributed by atoms with Crippen LogP contribution in [0.1, 0.15) is 55.0 Å². The Morgan fingerprint density at radius 2 is 1.77 bits per heavy atom. The van der Waals surface area contributed by atoms with Crippen molar-refractivity contribution in [3.63, 3.8) is 0 Å². The Labute approximate surface area is 180 Å². The van der Waals surface area contributed by atoms with Crippen LogP contribution in [0.25, 0.3) is 0 Å². The van der Waals surface area contributed by atoms with E-state index in [0.29, 0.717) is 5.69 Å². The molecule has 0 radical (unpaired) electrons. The van der Waals surface area contributed by atoms with E-state index in [-0.39, 0.29) is 24.4 Å². The minimum atomic E-state index is -3.61. The van der Waals surface area contributed by atoms with E-state index in [0.717, 1.165) is 38.6 Å². The number of benzene rings is 2. The predicted octanol–water partition coefficient (Wildman–Crippen LogP) is 4.08. The summed E-state index contributed by atoms with van der Waals surface area (Å²) in [6.07, 6.45) is 1.11. The van der Waals surface area contributed by atoms with Gasteiger partial charge in [-0.2, -0.15) is 0 Å². The largest absolute Gasteiger partial charge is 0.496 e. The average Bonchev–Trinajstić information content (AvgIpc) is 2.64. The van der Waals surface area contributed by atoms with Crippen molar-refractivity contribution < 1.29 is 17.9 Å². The molecule has 0 saturated heterocycles. The van der Waals surface area contributed by atoms with Gasteiger partial charge in [0.15, 0.2) is 0 Å². The van der Waals surface area contributed by atoms with Crippen molar-refractivity contribution in [2.45, 2.75) is 46.6 Å². The molecule has 0 bridgehead atoms. The van der Waals surface area contributed by atoms with Crippen molar-refractivity contribution >= 4 is 21.6 Å². The van der Waals surface area contributed by atoms with Crippen LogP contribution in [-0.4, -0.2) is 34.2 Å². The Balaban J connectivity index is 2.25. The first kappa shape index (κ1) is 23.7. The molecule has 0 saturated carbocycles. The molecule has 2 rings (SSSR count). The molecule has 0 aromatic heterocycles. The normalized spacial score (nSPS) is 12.5. The molecule has 1 N–H and O–H groups in total. The molecule has 164 valence electrons. The summed E-state index contributed by atoms with van der Waals surface area (Å²) in [6, 6.07) is 10.8. The van der Waals surface area contributed by atoms with Crippen LogP contribution in [0.3, 0.4) is 0 Å². The van der Waals surface area contributed by atoms with Crippen molar-refractivity contribution in [2.24, 2.45) is 0 Å². The molecular formula is C23H32N2O4S. The smallest absolute Gasteiger partial charge is 0.241 e. The van der Waals surface area contributed by atoms with E-state index in [9.17, 15) is 13.2 Å². The van der Waals surface area contributed by atoms with Gasteiger partial charge in [0, 0.05) is 0 Å². The summed E-state index contributed by atoms with van der Waals surface area (Å²) in [5.41, 5.74) is 4.45. The summed E-state index contributed by atoms with van der Waals surface area (Å²) in [6.45, 7) is 9.65. The van der Waals surface area contributed by atoms with Crippen LogP contribution in [0.15, 0.2) is 36.4 Å². The summed E-state index contributed by atoms with van der Waals surface area (Å²) in [7, 11) is -1.96. The second kappa shape index (κ2) is 9.51. The van der Waals surface area contributed by atoms with E-state index in [2.05, 4.69) is 25.2 Å². The van der Waals surface area contributed by atoms with Crippen LogP contribution in [0.5, 0.6) is 5.75 Å². The number of amides is 1. The molecular weight excluding hydrogens is 400 g/mol. The van der Waals surface area contributed by atoms with E-state index >= 15 is 0 Å².